The molecule has 1 unspecified atom stereocenters. The molecule has 1 atom stereocenters. The van der Waals surface area contributed by atoms with Gasteiger partial charge in [-0.05, 0) is 128 Å². The third-order valence-electron chi connectivity index (χ3n) is 13.2. The predicted molar refractivity (Wildman–Crippen MR) is 330 cm³/mol. The van der Waals surface area contributed by atoms with Crippen LogP contribution in [0.4, 0.5) is 0 Å². The van der Waals surface area contributed by atoms with Crippen molar-refractivity contribution in [2.24, 2.45) is 0 Å². The SMILES string of the molecule is CC/C=C\C/C=C\C/C=C\C/C=C\C/C=C\C/C=C\CCCCCCCCCCCCCCC(=O)OCC(COC(=O)CCCCC/C=C\C/C=C\C/C=C\CC)OC(=O)CCCCCCC/C=C\CCCCCCC. The van der Waals surface area contributed by atoms with Crippen LogP contribution in [-0.2, 0) is 28.6 Å². The van der Waals surface area contributed by atoms with Crippen molar-refractivity contribution in [2.75, 3.05) is 13.2 Å². The predicted octanol–water partition coefficient (Wildman–Crippen LogP) is 21.6. The van der Waals surface area contributed by atoms with Gasteiger partial charge in [-0.2, -0.15) is 0 Å². The van der Waals surface area contributed by atoms with E-state index in [-0.39, 0.29) is 31.1 Å². The lowest BCUT2D eigenvalue weighted by Gasteiger charge is -2.18. The molecule has 0 bridgehead atoms. The van der Waals surface area contributed by atoms with E-state index in [0.717, 1.165) is 135 Å². The molecule has 0 saturated carbocycles. The van der Waals surface area contributed by atoms with Crippen molar-refractivity contribution in [2.45, 2.75) is 290 Å². The average molecular weight is 1050 g/mol. The van der Waals surface area contributed by atoms with E-state index in [4.69, 9.17) is 14.2 Å². The van der Waals surface area contributed by atoms with Gasteiger partial charge < -0.3 is 14.2 Å². The van der Waals surface area contributed by atoms with E-state index in [1.165, 1.54) is 109 Å². The lowest BCUT2D eigenvalue weighted by Crippen LogP contribution is -2.30. The molecule has 0 saturated heterocycles. The van der Waals surface area contributed by atoms with Crippen molar-refractivity contribution in [3.63, 3.8) is 0 Å². The van der Waals surface area contributed by atoms with E-state index < -0.39 is 6.10 Å². The second kappa shape index (κ2) is 63.3. The number of unbranched alkanes of at least 4 members (excludes halogenated alkanes) is 25. The maximum Gasteiger partial charge on any atom is 0.306 e. The molecule has 0 heterocycles. The molecule has 0 aliphatic rings. The summed E-state index contributed by atoms with van der Waals surface area (Å²) in [6, 6.07) is 0. The largest absolute Gasteiger partial charge is 0.462 e. The second-order valence-electron chi connectivity index (χ2n) is 20.5. The summed E-state index contributed by atoms with van der Waals surface area (Å²) in [6.45, 7) is 6.37. The molecule has 6 nitrogen and oxygen atoms in total. The number of carbonyl (C=O) groups excluding carboxylic acids is 3. The normalized spacial score (nSPS) is 12.9. The fraction of sp³-hybridized carbons (Fsp3) is 0.671. The Balaban J connectivity index is 4.24. The van der Waals surface area contributed by atoms with E-state index in [0.29, 0.717) is 19.3 Å². The van der Waals surface area contributed by atoms with Gasteiger partial charge in [0.05, 0.1) is 0 Å². The van der Waals surface area contributed by atoms with Gasteiger partial charge in [-0.15, -0.1) is 0 Å². The standard InChI is InChI=1S/C70H116O6/c1-4-7-10-13-16-19-22-25-27-28-29-30-31-32-33-34-35-36-37-38-39-40-41-42-43-46-48-51-54-57-60-63-69(72)75-66-67(65-74-68(71)62-59-56-53-50-47-44-24-21-18-15-12-9-6-3)76-70(73)64-61-58-55-52-49-45-26-23-20-17-14-11-8-5-2/h7,9-10,12,16,18-19,21,23,25-27,29-30,32-33,35-36,44,47,67H,4-6,8,11,13-15,17,20,22,24,28,31,34,37-43,45-46,48-66H2,1-3H3/b10-7-,12-9-,19-16-,21-18-,26-23-,27-25-,30-29-,33-32-,36-35-,47-44-. The molecule has 0 aliphatic carbocycles. The Labute approximate surface area is 469 Å². The Kier molecular flexibility index (Phi) is 59.9. The molecule has 0 amide bonds. The summed E-state index contributed by atoms with van der Waals surface area (Å²) in [5.41, 5.74) is 0. The van der Waals surface area contributed by atoms with Crippen molar-refractivity contribution in [1.29, 1.82) is 0 Å². The van der Waals surface area contributed by atoms with Crippen molar-refractivity contribution >= 4 is 17.9 Å². The Morgan fingerprint density at radius 1 is 0.276 bits per heavy atom. The summed E-state index contributed by atoms with van der Waals surface area (Å²) in [6.07, 6.45) is 87.8. The van der Waals surface area contributed by atoms with E-state index in [1.807, 2.05) is 0 Å². The summed E-state index contributed by atoms with van der Waals surface area (Å²) >= 11 is 0. The number of allylic oxidation sites excluding steroid dienone is 20. The second-order valence-corrected chi connectivity index (χ2v) is 20.5. The molecule has 0 fully saturated rings. The van der Waals surface area contributed by atoms with Crippen molar-refractivity contribution in [3.05, 3.63) is 122 Å². The Morgan fingerprint density at radius 3 is 0.829 bits per heavy atom. The quantitative estimate of drug-likeness (QED) is 0.0261. The molecule has 432 valence electrons. The van der Waals surface area contributed by atoms with Crippen LogP contribution in [0.5, 0.6) is 0 Å². The topological polar surface area (TPSA) is 78.9 Å². The lowest BCUT2D eigenvalue weighted by molar-refractivity contribution is -0.167. The highest BCUT2D eigenvalue weighted by Gasteiger charge is 2.19. The molecule has 0 N–H and O–H groups in total. The molecule has 0 aliphatic heterocycles. The van der Waals surface area contributed by atoms with Gasteiger partial charge in [-0.25, -0.2) is 0 Å². The third-order valence-corrected chi connectivity index (χ3v) is 13.2. The van der Waals surface area contributed by atoms with E-state index >= 15 is 0 Å². The highest BCUT2D eigenvalue weighted by atomic mass is 16.6. The monoisotopic (exact) mass is 1050 g/mol. The van der Waals surface area contributed by atoms with Gasteiger partial charge in [0.2, 0.25) is 0 Å². The minimum Gasteiger partial charge on any atom is -0.462 e. The summed E-state index contributed by atoms with van der Waals surface area (Å²) in [5, 5.41) is 0. The Morgan fingerprint density at radius 2 is 0.513 bits per heavy atom. The molecular weight excluding hydrogens is 937 g/mol. The molecule has 0 rings (SSSR count). The first kappa shape index (κ1) is 71.8. The summed E-state index contributed by atoms with van der Waals surface area (Å²) in [5.74, 6) is -0.931. The van der Waals surface area contributed by atoms with Gasteiger partial charge in [0, 0.05) is 19.3 Å². The number of hydrogen-bond acceptors (Lipinski definition) is 6. The molecule has 0 aromatic heterocycles. The zero-order valence-electron chi connectivity index (χ0n) is 49.5. The Bertz CT molecular complexity index is 1590. The molecule has 76 heavy (non-hydrogen) atoms. The zero-order chi connectivity index (χ0) is 55.0. The third kappa shape index (κ3) is 60.7. The van der Waals surface area contributed by atoms with Gasteiger partial charge >= 0.3 is 17.9 Å². The van der Waals surface area contributed by atoms with Gasteiger partial charge in [-0.3, -0.25) is 14.4 Å². The fourth-order valence-corrected chi connectivity index (χ4v) is 8.51. The Hall–Kier alpha value is -4.19. The van der Waals surface area contributed by atoms with Crippen LogP contribution in [0.3, 0.4) is 0 Å². The first-order valence-corrected chi connectivity index (χ1v) is 31.5. The average Bonchev–Trinajstić information content (AvgIpc) is 3.42. The fourth-order valence-electron chi connectivity index (χ4n) is 8.51. The van der Waals surface area contributed by atoms with Gasteiger partial charge in [0.25, 0.3) is 0 Å². The molecule has 0 spiro atoms. The van der Waals surface area contributed by atoms with Crippen LogP contribution >= 0.6 is 0 Å². The van der Waals surface area contributed by atoms with Crippen LogP contribution in [-0.4, -0.2) is 37.2 Å². The van der Waals surface area contributed by atoms with E-state index in [2.05, 4.69) is 142 Å². The number of rotatable bonds is 56. The maximum absolute atomic E-state index is 12.9. The minimum atomic E-state index is -0.797. The highest BCUT2D eigenvalue weighted by molar-refractivity contribution is 5.71. The maximum atomic E-state index is 12.9. The van der Waals surface area contributed by atoms with Crippen LogP contribution in [0.2, 0.25) is 0 Å². The first-order valence-electron chi connectivity index (χ1n) is 31.5. The molecule has 0 radical (unpaired) electrons. The van der Waals surface area contributed by atoms with Crippen LogP contribution < -0.4 is 0 Å². The zero-order valence-corrected chi connectivity index (χ0v) is 49.5. The van der Waals surface area contributed by atoms with Gasteiger partial charge in [0.1, 0.15) is 13.2 Å². The number of esters is 3. The summed E-state index contributed by atoms with van der Waals surface area (Å²) in [4.78, 5) is 38.2. The molecule has 0 aromatic rings. The van der Waals surface area contributed by atoms with Crippen molar-refractivity contribution in [1.82, 2.24) is 0 Å². The van der Waals surface area contributed by atoms with E-state index in [1.54, 1.807) is 0 Å². The first-order chi connectivity index (χ1) is 37.5. The minimum absolute atomic E-state index is 0.0927. The summed E-state index contributed by atoms with van der Waals surface area (Å²) in [7, 11) is 0. The van der Waals surface area contributed by atoms with Crippen molar-refractivity contribution < 1.29 is 28.6 Å². The smallest absolute Gasteiger partial charge is 0.306 e. The number of hydrogen-bond donors (Lipinski definition) is 0. The van der Waals surface area contributed by atoms with Gasteiger partial charge in [0.15, 0.2) is 6.10 Å². The number of carbonyl (C=O) groups is 3. The van der Waals surface area contributed by atoms with Crippen LogP contribution in [0, 0.1) is 0 Å². The number of ether oxygens (including phenoxy) is 3. The molecule has 0 aromatic carbocycles. The van der Waals surface area contributed by atoms with Crippen LogP contribution in [0.15, 0.2) is 122 Å². The lowest BCUT2D eigenvalue weighted by atomic mass is 10.0. The van der Waals surface area contributed by atoms with Crippen LogP contribution in [0.25, 0.3) is 0 Å². The molecule has 6 heteroatoms. The van der Waals surface area contributed by atoms with Gasteiger partial charge in [-0.1, -0.05) is 258 Å². The highest BCUT2D eigenvalue weighted by Crippen LogP contribution is 2.15. The summed E-state index contributed by atoms with van der Waals surface area (Å²) < 4.78 is 16.9. The van der Waals surface area contributed by atoms with E-state index in [9.17, 15) is 14.4 Å². The van der Waals surface area contributed by atoms with Crippen molar-refractivity contribution in [3.8, 4) is 0 Å². The molecular formula is C70H116O6. The van der Waals surface area contributed by atoms with Crippen LogP contribution in [0.1, 0.15) is 284 Å².